The smallest absolute Gasteiger partial charge is 0.143 e. The van der Waals surface area contributed by atoms with Gasteiger partial charge in [0.25, 0.3) is 0 Å². The number of hydrogen-bond donors (Lipinski definition) is 2. The molecule has 0 amide bonds. The minimum Gasteiger partial charge on any atom is -0.506 e. The van der Waals surface area contributed by atoms with E-state index in [0.717, 1.165) is 15.5 Å². The molecule has 108 valence electrons. The number of phenolic OH excluding ortho intramolecular Hbond substituents is 1. The number of nitrogens with one attached hydrogen (secondary N) is 1. The number of hydrogen-bond acceptors (Lipinski definition) is 2. The molecule has 1 atom stereocenters. The first-order valence-corrected chi connectivity index (χ1v) is 8.57. The molecule has 1 aromatic rings. The summed E-state index contributed by atoms with van der Waals surface area (Å²) in [6, 6.07) is 4.53. The van der Waals surface area contributed by atoms with E-state index >= 15 is 0 Å². The van der Waals surface area contributed by atoms with E-state index in [9.17, 15) is 5.11 Å². The molecule has 1 rings (SSSR count). The van der Waals surface area contributed by atoms with Gasteiger partial charge in [-0.3, -0.25) is 0 Å². The predicted octanol–water partition coefficient (Wildman–Crippen LogP) is 5.37. The third-order valence-electron chi connectivity index (χ3n) is 3.21. The highest BCUT2D eigenvalue weighted by Crippen LogP contribution is 2.33. The Morgan fingerprint density at radius 2 is 1.74 bits per heavy atom. The zero-order chi connectivity index (χ0) is 14.3. The molecular weight excluding hydrogens is 370 g/mol. The van der Waals surface area contributed by atoms with Crippen molar-refractivity contribution in [3.05, 3.63) is 26.6 Å². The van der Waals surface area contributed by atoms with Crippen LogP contribution >= 0.6 is 31.9 Å². The van der Waals surface area contributed by atoms with E-state index in [2.05, 4.69) is 51.0 Å². The molecule has 1 unspecified atom stereocenters. The van der Waals surface area contributed by atoms with Gasteiger partial charge in [-0.05, 0) is 62.4 Å². The van der Waals surface area contributed by atoms with Gasteiger partial charge in [-0.25, -0.2) is 0 Å². The first kappa shape index (κ1) is 17.0. The van der Waals surface area contributed by atoms with Crippen molar-refractivity contribution in [2.24, 2.45) is 0 Å². The summed E-state index contributed by atoms with van der Waals surface area (Å²) in [5.74, 6) is 0.264. The van der Waals surface area contributed by atoms with Crippen LogP contribution in [0.25, 0.3) is 0 Å². The van der Waals surface area contributed by atoms with Gasteiger partial charge in [0.15, 0.2) is 0 Å². The fourth-order valence-corrected chi connectivity index (χ4v) is 3.41. The molecule has 4 heteroatoms. The van der Waals surface area contributed by atoms with Crippen LogP contribution in [0.15, 0.2) is 21.1 Å². The second-order valence-corrected chi connectivity index (χ2v) is 6.63. The van der Waals surface area contributed by atoms with E-state index in [0.29, 0.717) is 6.04 Å². The molecule has 0 aromatic heterocycles. The van der Waals surface area contributed by atoms with Gasteiger partial charge < -0.3 is 10.4 Å². The number of benzene rings is 1. The van der Waals surface area contributed by atoms with E-state index in [1.165, 1.54) is 37.7 Å². The lowest BCUT2D eigenvalue weighted by molar-refractivity contribution is 0.433. The maximum atomic E-state index is 9.69. The average Bonchev–Trinajstić information content (AvgIpc) is 2.39. The molecule has 0 aliphatic carbocycles. The third kappa shape index (κ3) is 5.84. The molecule has 0 radical (unpaired) electrons. The molecule has 0 saturated heterocycles. The van der Waals surface area contributed by atoms with Crippen molar-refractivity contribution in [1.29, 1.82) is 0 Å². The van der Waals surface area contributed by atoms with Gasteiger partial charge in [0.05, 0.1) is 8.95 Å². The lowest BCUT2D eigenvalue weighted by atomic mass is 10.0. The van der Waals surface area contributed by atoms with Crippen molar-refractivity contribution >= 4 is 31.9 Å². The highest BCUT2D eigenvalue weighted by Gasteiger charge is 2.09. The van der Waals surface area contributed by atoms with Crippen LogP contribution in [-0.4, -0.2) is 11.1 Å². The Morgan fingerprint density at radius 1 is 1.11 bits per heavy atom. The van der Waals surface area contributed by atoms with Gasteiger partial charge in [-0.15, -0.1) is 0 Å². The lowest BCUT2D eigenvalue weighted by Crippen LogP contribution is -2.28. The summed E-state index contributed by atoms with van der Waals surface area (Å²) in [7, 11) is 0. The molecule has 0 spiro atoms. The number of phenols is 1. The number of unbranched alkanes of at least 4 members (excludes halogenated alkanes) is 1. The maximum absolute atomic E-state index is 9.69. The Bertz CT molecular complexity index is 373. The number of halogens is 2. The molecule has 0 aliphatic heterocycles. The maximum Gasteiger partial charge on any atom is 0.143 e. The SMILES string of the molecule is CCCCC(CCC)NCc1cc(Br)c(O)c(Br)c1. The standard InChI is InChI=1S/C15H23Br2NO/c1-3-5-7-12(6-4-2)18-10-11-8-13(16)15(19)14(17)9-11/h8-9,12,18-19H,3-7,10H2,1-2H3. The minimum absolute atomic E-state index is 0.264. The summed E-state index contributed by atoms with van der Waals surface area (Å²) in [6.45, 7) is 5.30. The van der Waals surface area contributed by atoms with Crippen molar-refractivity contribution in [1.82, 2.24) is 5.32 Å². The molecule has 0 bridgehead atoms. The number of rotatable bonds is 8. The van der Waals surface area contributed by atoms with Crippen molar-refractivity contribution < 1.29 is 5.11 Å². The van der Waals surface area contributed by atoms with Crippen LogP contribution < -0.4 is 5.32 Å². The van der Waals surface area contributed by atoms with Crippen molar-refractivity contribution in [3.63, 3.8) is 0 Å². The van der Waals surface area contributed by atoms with Crippen LogP contribution in [0.3, 0.4) is 0 Å². The van der Waals surface area contributed by atoms with E-state index in [-0.39, 0.29) is 5.75 Å². The van der Waals surface area contributed by atoms with E-state index in [1.54, 1.807) is 0 Å². The van der Waals surface area contributed by atoms with Crippen molar-refractivity contribution in [3.8, 4) is 5.75 Å². The Hall–Kier alpha value is -0.0600. The molecule has 1 aromatic carbocycles. The second kappa shape index (κ2) is 8.98. The van der Waals surface area contributed by atoms with Gasteiger partial charge in [0, 0.05) is 12.6 Å². The van der Waals surface area contributed by atoms with Gasteiger partial charge in [0.1, 0.15) is 5.75 Å². The molecule has 19 heavy (non-hydrogen) atoms. The fourth-order valence-electron chi connectivity index (χ4n) is 2.13. The zero-order valence-corrected chi connectivity index (χ0v) is 14.8. The van der Waals surface area contributed by atoms with Crippen LogP contribution in [0.4, 0.5) is 0 Å². The largest absolute Gasteiger partial charge is 0.506 e. The van der Waals surface area contributed by atoms with E-state index < -0.39 is 0 Å². The number of aromatic hydroxyl groups is 1. The zero-order valence-electron chi connectivity index (χ0n) is 11.7. The minimum atomic E-state index is 0.264. The molecule has 0 fully saturated rings. The molecule has 2 N–H and O–H groups in total. The van der Waals surface area contributed by atoms with E-state index in [1.807, 2.05) is 12.1 Å². The summed E-state index contributed by atoms with van der Waals surface area (Å²) < 4.78 is 1.47. The predicted molar refractivity (Wildman–Crippen MR) is 88.6 cm³/mol. The summed E-state index contributed by atoms with van der Waals surface area (Å²) in [5, 5.41) is 13.3. The van der Waals surface area contributed by atoms with Crippen LogP contribution in [0.2, 0.25) is 0 Å². The van der Waals surface area contributed by atoms with E-state index in [4.69, 9.17) is 0 Å². The average molecular weight is 393 g/mol. The second-order valence-electron chi connectivity index (χ2n) is 4.92. The van der Waals surface area contributed by atoms with Gasteiger partial charge in [-0.2, -0.15) is 0 Å². The van der Waals surface area contributed by atoms with Crippen LogP contribution in [0.1, 0.15) is 51.5 Å². The Kier molecular flexibility index (Phi) is 8.03. The Morgan fingerprint density at radius 3 is 2.26 bits per heavy atom. The molecular formula is C15H23Br2NO. The van der Waals surface area contributed by atoms with Crippen molar-refractivity contribution in [2.75, 3.05) is 0 Å². The quantitative estimate of drug-likeness (QED) is 0.623. The Balaban J connectivity index is 2.58. The van der Waals surface area contributed by atoms with Gasteiger partial charge in [0.2, 0.25) is 0 Å². The van der Waals surface area contributed by atoms with Crippen LogP contribution in [0.5, 0.6) is 5.75 Å². The van der Waals surface area contributed by atoms with Crippen molar-refractivity contribution in [2.45, 2.75) is 58.5 Å². The fraction of sp³-hybridized carbons (Fsp3) is 0.600. The summed E-state index contributed by atoms with van der Waals surface area (Å²) in [6.07, 6.45) is 6.20. The molecule has 0 heterocycles. The topological polar surface area (TPSA) is 32.3 Å². The van der Waals surface area contributed by atoms with Crippen LogP contribution in [-0.2, 0) is 6.54 Å². The Labute approximate surface area is 133 Å². The monoisotopic (exact) mass is 391 g/mol. The molecule has 0 aliphatic rings. The summed E-state index contributed by atoms with van der Waals surface area (Å²) in [4.78, 5) is 0. The normalized spacial score (nSPS) is 12.6. The molecule has 2 nitrogen and oxygen atoms in total. The summed E-state index contributed by atoms with van der Waals surface area (Å²) in [5.41, 5.74) is 1.18. The van der Waals surface area contributed by atoms with Crippen LogP contribution in [0, 0.1) is 0 Å². The highest BCUT2D eigenvalue weighted by molar-refractivity contribution is 9.11. The first-order chi connectivity index (χ1) is 9.08. The molecule has 0 saturated carbocycles. The lowest BCUT2D eigenvalue weighted by Gasteiger charge is -2.18. The third-order valence-corrected chi connectivity index (χ3v) is 4.42. The first-order valence-electron chi connectivity index (χ1n) is 6.98. The summed E-state index contributed by atoms with van der Waals surface area (Å²) >= 11 is 6.74. The van der Waals surface area contributed by atoms with Gasteiger partial charge >= 0.3 is 0 Å². The highest BCUT2D eigenvalue weighted by atomic mass is 79.9. The van der Waals surface area contributed by atoms with Gasteiger partial charge in [-0.1, -0.05) is 33.1 Å².